The predicted molar refractivity (Wildman–Crippen MR) is 120 cm³/mol. The van der Waals surface area contributed by atoms with Crippen LogP contribution in [0.2, 0.25) is 0 Å². The predicted octanol–water partition coefficient (Wildman–Crippen LogP) is 5.26. The molecule has 0 amide bonds. The minimum absolute atomic E-state index is 0.0178. The summed E-state index contributed by atoms with van der Waals surface area (Å²) in [7, 11) is -3.93. The summed E-state index contributed by atoms with van der Waals surface area (Å²) in [5, 5.41) is 1.12. The molecule has 4 aromatic rings. The summed E-state index contributed by atoms with van der Waals surface area (Å²) in [4.78, 5) is 3.50. The summed E-state index contributed by atoms with van der Waals surface area (Å²) in [6, 6.07) is 19.4. The van der Waals surface area contributed by atoms with Gasteiger partial charge in [-0.2, -0.15) is 4.31 Å². The molecule has 0 saturated heterocycles. The van der Waals surface area contributed by atoms with Crippen molar-refractivity contribution < 1.29 is 12.8 Å². The van der Waals surface area contributed by atoms with Gasteiger partial charge in [0.2, 0.25) is 10.0 Å². The quantitative estimate of drug-likeness (QED) is 0.478. The van der Waals surface area contributed by atoms with Gasteiger partial charge in [-0.05, 0) is 55.2 Å². The lowest BCUT2D eigenvalue weighted by atomic mass is 9.94. The molecule has 31 heavy (non-hydrogen) atoms. The van der Waals surface area contributed by atoms with E-state index in [4.69, 9.17) is 0 Å². The molecule has 2 heterocycles. The van der Waals surface area contributed by atoms with Crippen molar-refractivity contribution in [3.8, 4) is 0 Å². The summed E-state index contributed by atoms with van der Waals surface area (Å²) < 4.78 is 43.1. The molecule has 1 N–H and O–H groups in total. The lowest BCUT2D eigenvalue weighted by Gasteiger charge is -2.35. The van der Waals surface area contributed by atoms with E-state index < -0.39 is 21.9 Å². The molecule has 0 aliphatic carbocycles. The van der Waals surface area contributed by atoms with Gasteiger partial charge in [-0.3, -0.25) is 0 Å². The molecule has 1 aromatic heterocycles. The van der Waals surface area contributed by atoms with E-state index >= 15 is 0 Å². The number of benzene rings is 3. The van der Waals surface area contributed by atoms with Gasteiger partial charge in [0.15, 0.2) is 0 Å². The topological polar surface area (TPSA) is 53.2 Å². The Bertz CT molecular complexity index is 1390. The molecule has 5 rings (SSSR count). The number of aromatic nitrogens is 1. The second-order valence-electron chi connectivity index (χ2n) is 8.15. The van der Waals surface area contributed by atoms with Crippen LogP contribution in [-0.2, 0) is 16.4 Å². The molecule has 1 atom stereocenters. The second kappa shape index (κ2) is 7.32. The van der Waals surface area contributed by atoms with Gasteiger partial charge in [-0.1, -0.05) is 54.1 Å². The molecular formula is C25H23FN2O2S. The smallest absolute Gasteiger partial charge is 0.244 e. The van der Waals surface area contributed by atoms with Crippen LogP contribution >= 0.6 is 0 Å². The van der Waals surface area contributed by atoms with E-state index in [1.165, 1.54) is 16.4 Å². The number of halogens is 1. The van der Waals surface area contributed by atoms with Crippen molar-refractivity contribution in [3.63, 3.8) is 0 Å². The first-order valence-corrected chi connectivity index (χ1v) is 11.7. The van der Waals surface area contributed by atoms with E-state index in [0.717, 1.165) is 39.4 Å². The molecule has 0 spiro atoms. The highest BCUT2D eigenvalue weighted by Crippen LogP contribution is 2.41. The molecule has 0 bridgehead atoms. The number of hydrogen-bond acceptors (Lipinski definition) is 2. The maximum Gasteiger partial charge on any atom is 0.244 e. The Hall–Kier alpha value is -2.96. The molecular weight excluding hydrogens is 411 g/mol. The number of fused-ring (bicyclic) bond motifs is 3. The lowest BCUT2D eigenvalue weighted by molar-refractivity contribution is 0.340. The van der Waals surface area contributed by atoms with E-state index in [1.54, 1.807) is 6.92 Å². The van der Waals surface area contributed by atoms with Gasteiger partial charge in [0.05, 0.1) is 10.9 Å². The first-order valence-electron chi connectivity index (χ1n) is 10.3. The van der Waals surface area contributed by atoms with E-state index in [0.29, 0.717) is 18.5 Å². The average molecular weight is 435 g/mol. The maximum atomic E-state index is 14.0. The van der Waals surface area contributed by atoms with E-state index in [-0.39, 0.29) is 4.90 Å². The fourth-order valence-corrected chi connectivity index (χ4v) is 6.36. The van der Waals surface area contributed by atoms with Crippen LogP contribution in [0.3, 0.4) is 0 Å². The van der Waals surface area contributed by atoms with Crippen LogP contribution in [0.5, 0.6) is 0 Å². The molecule has 1 aliphatic rings. The highest BCUT2D eigenvalue weighted by atomic mass is 32.2. The van der Waals surface area contributed by atoms with Crippen molar-refractivity contribution in [2.45, 2.75) is 31.2 Å². The standard InChI is InChI=1S/C25H23FN2O2S/c1-16-7-10-18(11-8-16)25-24-21(20-5-3-4-6-22(20)27-24)13-14-28(25)31(29,30)23-15-19(26)12-9-17(23)2/h3-12,15,25,27H,13-14H2,1-2H3/t25-/m0/s1. The SMILES string of the molecule is Cc1ccc([C@H]2c3[nH]c4ccccc4c3CCN2S(=O)(=O)c2cc(F)ccc2C)cc1. The van der Waals surface area contributed by atoms with Crippen LogP contribution in [0.4, 0.5) is 4.39 Å². The molecule has 3 aromatic carbocycles. The van der Waals surface area contributed by atoms with E-state index in [2.05, 4.69) is 11.1 Å². The molecule has 0 fully saturated rings. The van der Waals surface area contributed by atoms with Crippen molar-refractivity contribution >= 4 is 20.9 Å². The van der Waals surface area contributed by atoms with Gasteiger partial charge in [-0.15, -0.1) is 0 Å². The minimum atomic E-state index is -3.93. The molecule has 1 aliphatic heterocycles. The van der Waals surface area contributed by atoms with Gasteiger partial charge < -0.3 is 4.98 Å². The van der Waals surface area contributed by atoms with E-state index in [9.17, 15) is 12.8 Å². The number of hydrogen-bond donors (Lipinski definition) is 1. The third kappa shape index (κ3) is 3.27. The largest absolute Gasteiger partial charge is 0.357 e. The number of aromatic amines is 1. The molecule has 158 valence electrons. The monoisotopic (exact) mass is 434 g/mol. The van der Waals surface area contributed by atoms with Crippen LogP contribution in [0, 0.1) is 19.7 Å². The van der Waals surface area contributed by atoms with Crippen LogP contribution in [0.1, 0.15) is 34.0 Å². The van der Waals surface area contributed by atoms with Gasteiger partial charge in [0.25, 0.3) is 0 Å². The molecule has 0 saturated carbocycles. The fraction of sp³-hybridized carbons (Fsp3) is 0.200. The average Bonchev–Trinajstić information content (AvgIpc) is 3.14. The second-order valence-corrected chi connectivity index (χ2v) is 10.0. The number of nitrogens with zero attached hydrogens (tertiary/aromatic N) is 1. The summed E-state index contributed by atoms with van der Waals surface area (Å²) in [5.41, 5.74) is 5.54. The number of aryl methyl sites for hydroxylation is 2. The van der Waals surface area contributed by atoms with Crippen LogP contribution in [0.25, 0.3) is 10.9 Å². The number of rotatable bonds is 3. The van der Waals surface area contributed by atoms with Gasteiger partial charge in [-0.25, -0.2) is 12.8 Å². The highest BCUT2D eigenvalue weighted by Gasteiger charge is 2.39. The molecule has 0 unspecified atom stereocenters. The third-order valence-electron chi connectivity index (χ3n) is 6.12. The molecule has 4 nitrogen and oxygen atoms in total. The molecule has 6 heteroatoms. The fourth-order valence-electron chi connectivity index (χ4n) is 4.54. The molecule has 0 radical (unpaired) electrons. The van der Waals surface area contributed by atoms with Gasteiger partial charge >= 0.3 is 0 Å². The normalized spacial score (nSPS) is 17.1. The minimum Gasteiger partial charge on any atom is -0.357 e. The summed E-state index contributed by atoms with van der Waals surface area (Å²) in [5.74, 6) is -0.556. The number of para-hydroxylation sites is 1. The van der Waals surface area contributed by atoms with Gasteiger partial charge in [0, 0.05) is 23.1 Å². The van der Waals surface area contributed by atoms with Crippen LogP contribution in [-0.4, -0.2) is 24.3 Å². The van der Waals surface area contributed by atoms with Crippen molar-refractivity contribution in [3.05, 3.63) is 100 Å². The van der Waals surface area contributed by atoms with Crippen molar-refractivity contribution in [2.75, 3.05) is 6.54 Å². The van der Waals surface area contributed by atoms with Crippen molar-refractivity contribution in [2.24, 2.45) is 0 Å². The van der Waals surface area contributed by atoms with Crippen LogP contribution in [0.15, 0.2) is 71.6 Å². The maximum absolute atomic E-state index is 14.0. The number of H-pyrrole nitrogens is 1. The number of nitrogens with one attached hydrogen (secondary N) is 1. The zero-order valence-electron chi connectivity index (χ0n) is 17.4. The number of sulfonamides is 1. The zero-order valence-corrected chi connectivity index (χ0v) is 18.2. The summed E-state index contributed by atoms with van der Waals surface area (Å²) >= 11 is 0. The Balaban J connectivity index is 1.73. The Morgan fingerprint density at radius 1 is 1.00 bits per heavy atom. The first kappa shape index (κ1) is 20.0. The summed E-state index contributed by atoms with van der Waals surface area (Å²) in [6.45, 7) is 4.03. The van der Waals surface area contributed by atoms with Crippen molar-refractivity contribution in [1.29, 1.82) is 0 Å². The van der Waals surface area contributed by atoms with Crippen molar-refractivity contribution in [1.82, 2.24) is 9.29 Å². The van der Waals surface area contributed by atoms with Gasteiger partial charge in [0.1, 0.15) is 5.82 Å². The van der Waals surface area contributed by atoms with E-state index in [1.807, 2.05) is 49.4 Å². The first-order chi connectivity index (χ1) is 14.9. The van der Waals surface area contributed by atoms with Crippen LogP contribution < -0.4 is 0 Å². The Labute approximate surface area is 181 Å². The summed E-state index contributed by atoms with van der Waals surface area (Å²) in [6.07, 6.45) is 0.593. The third-order valence-corrected chi connectivity index (χ3v) is 8.13. The lowest BCUT2D eigenvalue weighted by Crippen LogP contribution is -2.40. The Kier molecular flexibility index (Phi) is 4.72. The Morgan fingerprint density at radius 2 is 1.74 bits per heavy atom. The highest BCUT2D eigenvalue weighted by molar-refractivity contribution is 7.89. The zero-order chi connectivity index (χ0) is 21.8. The Morgan fingerprint density at radius 3 is 2.52 bits per heavy atom.